The van der Waals surface area contributed by atoms with E-state index in [1.807, 2.05) is 0 Å². The zero-order valence-electron chi connectivity index (χ0n) is 9.37. The monoisotopic (exact) mass is 238 g/mol. The van der Waals surface area contributed by atoms with Crippen LogP contribution < -0.4 is 11.1 Å². The molecule has 1 heterocycles. The summed E-state index contributed by atoms with van der Waals surface area (Å²) in [6, 6.07) is 4.38. The molecule has 17 heavy (non-hydrogen) atoms. The topological polar surface area (TPSA) is 75.4 Å². The third-order valence-corrected chi connectivity index (χ3v) is 3.35. The van der Waals surface area contributed by atoms with E-state index in [9.17, 15) is 9.18 Å². The number of nitrogens with one attached hydrogen (secondary N) is 1. The fourth-order valence-corrected chi connectivity index (χ4v) is 2.44. The first kappa shape index (κ1) is 11.9. The predicted octanol–water partition coefficient (Wildman–Crippen LogP) is 1.31. The van der Waals surface area contributed by atoms with Crippen LogP contribution in [0.15, 0.2) is 18.2 Å². The molecule has 0 saturated carbocycles. The average molecular weight is 238 g/mol. The highest BCUT2D eigenvalue weighted by atomic mass is 19.1. The normalized spacial score (nSPS) is 22.7. The summed E-state index contributed by atoms with van der Waals surface area (Å²) in [5.74, 6) is -1.27. The summed E-state index contributed by atoms with van der Waals surface area (Å²) < 4.78 is 13.3. The summed E-state index contributed by atoms with van der Waals surface area (Å²) in [6.45, 7) is 0.862. The van der Waals surface area contributed by atoms with Gasteiger partial charge < -0.3 is 16.2 Å². The lowest BCUT2D eigenvalue weighted by molar-refractivity contribution is -0.138. The van der Waals surface area contributed by atoms with E-state index in [1.54, 1.807) is 6.07 Å². The molecule has 0 aromatic heterocycles. The van der Waals surface area contributed by atoms with Crippen molar-refractivity contribution in [2.75, 3.05) is 18.4 Å². The van der Waals surface area contributed by atoms with E-state index in [1.165, 1.54) is 12.1 Å². The van der Waals surface area contributed by atoms with Gasteiger partial charge in [-0.2, -0.15) is 0 Å². The van der Waals surface area contributed by atoms with Gasteiger partial charge in [0.25, 0.3) is 0 Å². The van der Waals surface area contributed by atoms with Crippen LogP contribution in [0, 0.1) is 5.82 Å². The lowest BCUT2D eigenvalue weighted by Crippen LogP contribution is -2.42. The van der Waals surface area contributed by atoms with E-state index in [2.05, 4.69) is 5.32 Å². The minimum absolute atomic E-state index is 0.0678. The average Bonchev–Trinajstić information content (AvgIpc) is 2.29. The summed E-state index contributed by atoms with van der Waals surface area (Å²) >= 11 is 0. The van der Waals surface area contributed by atoms with E-state index in [0.29, 0.717) is 18.5 Å². The highest BCUT2D eigenvalue weighted by Gasteiger charge is 2.37. The first-order chi connectivity index (χ1) is 8.07. The number of benzene rings is 1. The van der Waals surface area contributed by atoms with Gasteiger partial charge in [-0.05, 0) is 30.2 Å². The van der Waals surface area contributed by atoms with Crippen LogP contribution in [0.1, 0.15) is 18.4 Å². The van der Waals surface area contributed by atoms with E-state index < -0.39 is 11.4 Å². The Morgan fingerprint density at radius 1 is 1.59 bits per heavy atom. The van der Waals surface area contributed by atoms with Gasteiger partial charge in [-0.3, -0.25) is 4.79 Å². The number of carbonyl (C=O) groups is 1. The molecule has 1 aliphatic rings. The fourth-order valence-electron chi connectivity index (χ4n) is 2.44. The summed E-state index contributed by atoms with van der Waals surface area (Å²) in [6.07, 6.45) is 0.536. The predicted molar refractivity (Wildman–Crippen MR) is 62.5 cm³/mol. The van der Waals surface area contributed by atoms with Gasteiger partial charge in [0.1, 0.15) is 5.82 Å². The molecule has 0 amide bonds. The van der Waals surface area contributed by atoms with Crippen LogP contribution in [0.4, 0.5) is 10.1 Å². The minimum Gasteiger partial charge on any atom is -0.481 e. The van der Waals surface area contributed by atoms with E-state index in [4.69, 9.17) is 10.8 Å². The summed E-state index contributed by atoms with van der Waals surface area (Å²) in [4.78, 5) is 11.0. The van der Waals surface area contributed by atoms with Gasteiger partial charge in [-0.15, -0.1) is 0 Å². The Balaban J connectivity index is 2.49. The molecule has 4 N–H and O–H groups in total. The Labute approximate surface area is 98.6 Å². The molecular weight excluding hydrogens is 223 g/mol. The lowest BCUT2D eigenvalue weighted by Gasteiger charge is -2.37. The number of nitrogens with two attached hydrogens (primary N) is 1. The molecule has 0 radical (unpaired) electrons. The SMILES string of the molecule is NCC1(CC(=O)O)CCNc2ccc(F)cc21. The molecule has 1 unspecified atom stereocenters. The first-order valence-electron chi connectivity index (χ1n) is 5.53. The lowest BCUT2D eigenvalue weighted by atomic mass is 9.72. The number of carboxylic acid groups (broad SMARTS) is 1. The van der Waals surface area contributed by atoms with Crippen LogP contribution in [0.3, 0.4) is 0 Å². The van der Waals surface area contributed by atoms with Crippen LogP contribution in [0.25, 0.3) is 0 Å². The molecule has 0 aliphatic carbocycles. The van der Waals surface area contributed by atoms with Crippen LogP contribution in [-0.4, -0.2) is 24.2 Å². The van der Waals surface area contributed by atoms with Crippen LogP contribution in [0.5, 0.6) is 0 Å². The number of aliphatic carboxylic acids is 1. The molecule has 0 fully saturated rings. The molecule has 2 rings (SSSR count). The molecule has 0 spiro atoms. The fraction of sp³-hybridized carbons (Fsp3) is 0.417. The van der Waals surface area contributed by atoms with E-state index >= 15 is 0 Å². The van der Waals surface area contributed by atoms with Gasteiger partial charge in [0.15, 0.2) is 0 Å². The van der Waals surface area contributed by atoms with Crippen LogP contribution >= 0.6 is 0 Å². The van der Waals surface area contributed by atoms with Crippen LogP contribution in [0.2, 0.25) is 0 Å². The van der Waals surface area contributed by atoms with Gasteiger partial charge in [-0.25, -0.2) is 4.39 Å². The van der Waals surface area contributed by atoms with Crippen molar-refractivity contribution in [3.05, 3.63) is 29.6 Å². The van der Waals surface area contributed by atoms with Gasteiger partial charge in [0, 0.05) is 24.2 Å². The first-order valence-corrected chi connectivity index (χ1v) is 5.53. The Morgan fingerprint density at radius 2 is 2.35 bits per heavy atom. The van der Waals surface area contributed by atoms with E-state index in [0.717, 1.165) is 5.69 Å². The summed E-state index contributed by atoms with van der Waals surface area (Å²) in [5.41, 5.74) is 6.54. The molecule has 1 aromatic carbocycles. The highest BCUT2D eigenvalue weighted by molar-refractivity contribution is 5.71. The molecule has 5 heteroatoms. The molecule has 0 bridgehead atoms. The largest absolute Gasteiger partial charge is 0.481 e. The van der Waals surface area contributed by atoms with Gasteiger partial charge in [0.2, 0.25) is 0 Å². The molecule has 92 valence electrons. The Hall–Kier alpha value is -1.62. The number of halogens is 1. The molecule has 1 aromatic rings. The zero-order chi connectivity index (χ0) is 12.5. The second kappa shape index (κ2) is 4.33. The third kappa shape index (κ3) is 2.10. The van der Waals surface area contributed by atoms with Crippen LogP contribution in [-0.2, 0) is 10.2 Å². The standard InChI is InChI=1S/C12H15FN2O2/c13-8-1-2-10-9(5-8)12(7-14,3-4-15-10)6-11(16)17/h1-2,5,15H,3-4,6-7,14H2,(H,16,17). The molecule has 4 nitrogen and oxygen atoms in total. The third-order valence-electron chi connectivity index (χ3n) is 3.35. The molecular formula is C12H15FN2O2. The second-order valence-electron chi connectivity index (χ2n) is 4.42. The van der Waals surface area contributed by atoms with Crippen molar-refractivity contribution in [3.8, 4) is 0 Å². The maximum absolute atomic E-state index is 13.3. The van der Waals surface area contributed by atoms with Crippen molar-refractivity contribution in [3.63, 3.8) is 0 Å². The highest BCUT2D eigenvalue weighted by Crippen LogP contribution is 2.39. The van der Waals surface area contributed by atoms with Gasteiger partial charge in [0.05, 0.1) is 6.42 Å². The van der Waals surface area contributed by atoms with Crippen molar-refractivity contribution < 1.29 is 14.3 Å². The number of hydrogen-bond donors (Lipinski definition) is 3. The van der Waals surface area contributed by atoms with Crippen molar-refractivity contribution in [2.24, 2.45) is 5.73 Å². The maximum Gasteiger partial charge on any atom is 0.304 e. The number of fused-ring (bicyclic) bond motifs is 1. The minimum atomic E-state index is -0.910. The smallest absolute Gasteiger partial charge is 0.304 e. The molecule has 0 saturated heterocycles. The van der Waals surface area contributed by atoms with Gasteiger partial charge in [-0.1, -0.05) is 0 Å². The molecule has 1 atom stereocenters. The quantitative estimate of drug-likeness (QED) is 0.742. The van der Waals surface area contributed by atoms with Crippen molar-refractivity contribution in [2.45, 2.75) is 18.3 Å². The maximum atomic E-state index is 13.3. The van der Waals surface area contributed by atoms with Crippen molar-refractivity contribution >= 4 is 11.7 Å². The zero-order valence-corrected chi connectivity index (χ0v) is 9.37. The summed E-state index contributed by atoms with van der Waals surface area (Å²) in [5, 5.41) is 12.1. The number of carboxylic acids is 1. The molecule has 1 aliphatic heterocycles. The number of anilines is 1. The van der Waals surface area contributed by atoms with Crippen molar-refractivity contribution in [1.29, 1.82) is 0 Å². The Bertz CT molecular complexity index is 450. The summed E-state index contributed by atoms with van der Waals surface area (Å²) in [7, 11) is 0. The van der Waals surface area contributed by atoms with Gasteiger partial charge >= 0.3 is 5.97 Å². The second-order valence-corrected chi connectivity index (χ2v) is 4.42. The Morgan fingerprint density at radius 3 is 3.00 bits per heavy atom. The Kier molecular flexibility index (Phi) is 3.02. The number of rotatable bonds is 3. The number of hydrogen-bond acceptors (Lipinski definition) is 3. The van der Waals surface area contributed by atoms with Crippen molar-refractivity contribution in [1.82, 2.24) is 0 Å². The van der Waals surface area contributed by atoms with E-state index in [-0.39, 0.29) is 18.8 Å².